The first kappa shape index (κ1) is 13.7. The molecular weight excluding hydrogens is 220 g/mol. The highest BCUT2D eigenvalue weighted by Crippen LogP contribution is 2.18. The van der Waals surface area contributed by atoms with Crippen LogP contribution in [0.2, 0.25) is 0 Å². The average Bonchev–Trinajstić information content (AvgIpc) is 3.11. The van der Waals surface area contributed by atoms with Crippen molar-refractivity contribution in [1.29, 1.82) is 0 Å². The highest BCUT2D eigenvalue weighted by atomic mass is 16.5. The van der Waals surface area contributed by atoms with Crippen LogP contribution in [-0.2, 0) is 14.3 Å². The lowest BCUT2D eigenvalue weighted by Gasteiger charge is -2.12. The van der Waals surface area contributed by atoms with E-state index in [0.29, 0.717) is 18.2 Å². The summed E-state index contributed by atoms with van der Waals surface area (Å²) in [6.07, 6.45) is 3.88. The van der Waals surface area contributed by atoms with Crippen LogP contribution in [0.3, 0.4) is 0 Å². The van der Waals surface area contributed by atoms with Gasteiger partial charge in [0.2, 0.25) is 5.91 Å². The zero-order chi connectivity index (χ0) is 12.8. The van der Waals surface area contributed by atoms with Gasteiger partial charge in [-0.05, 0) is 26.7 Å². The molecule has 1 unspecified atom stereocenters. The van der Waals surface area contributed by atoms with E-state index in [4.69, 9.17) is 0 Å². The van der Waals surface area contributed by atoms with Gasteiger partial charge in [0, 0.05) is 18.2 Å². The summed E-state index contributed by atoms with van der Waals surface area (Å²) in [5.74, 6) is -0.335. The molecule has 0 spiro atoms. The number of nitrogens with one attached hydrogen (secondary N) is 2. The summed E-state index contributed by atoms with van der Waals surface area (Å²) in [6, 6.07) is 0.122. The van der Waals surface area contributed by atoms with E-state index in [9.17, 15) is 9.59 Å². The Hall–Kier alpha value is -1.36. The van der Waals surface area contributed by atoms with Crippen LogP contribution >= 0.6 is 0 Å². The number of hydrogen-bond acceptors (Lipinski definition) is 4. The normalized spacial score (nSPS) is 17.5. The standard InChI is InChI=1S/C12H20N2O3/c1-8(12(16)17-3)6-7-13-9(2)11(15)14-10-4-5-10/h6,9-10,13H,4-5,7H2,1-3H3,(H,14,15). The summed E-state index contributed by atoms with van der Waals surface area (Å²) in [5, 5.41) is 5.94. The predicted octanol–water partition coefficient (Wildman–Crippen LogP) is 0.362. The first-order chi connectivity index (χ1) is 8.04. The van der Waals surface area contributed by atoms with Gasteiger partial charge in [-0.1, -0.05) is 6.08 Å². The quantitative estimate of drug-likeness (QED) is 0.520. The Morgan fingerprint density at radius 1 is 1.47 bits per heavy atom. The van der Waals surface area contributed by atoms with E-state index >= 15 is 0 Å². The van der Waals surface area contributed by atoms with Crippen molar-refractivity contribution in [3.05, 3.63) is 11.6 Å². The minimum absolute atomic E-state index is 0.0108. The van der Waals surface area contributed by atoms with Gasteiger partial charge in [0.05, 0.1) is 13.2 Å². The molecule has 0 aromatic rings. The maximum atomic E-state index is 11.6. The number of rotatable bonds is 6. The van der Waals surface area contributed by atoms with Gasteiger partial charge in [0.25, 0.3) is 0 Å². The van der Waals surface area contributed by atoms with E-state index in [1.807, 2.05) is 0 Å². The van der Waals surface area contributed by atoms with Crippen LogP contribution in [0.5, 0.6) is 0 Å². The van der Waals surface area contributed by atoms with Crippen molar-refractivity contribution in [3.63, 3.8) is 0 Å². The van der Waals surface area contributed by atoms with Gasteiger partial charge in [0.1, 0.15) is 0 Å². The van der Waals surface area contributed by atoms with E-state index in [0.717, 1.165) is 12.8 Å². The highest BCUT2D eigenvalue weighted by Gasteiger charge is 2.25. The second-order valence-corrected chi connectivity index (χ2v) is 4.29. The van der Waals surface area contributed by atoms with Crippen LogP contribution in [0, 0.1) is 0 Å². The fourth-order valence-corrected chi connectivity index (χ4v) is 1.28. The van der Waals surface area contributed by atoms with Gasteiger partial charge in [-0.25, -0.2) is 4.79 Å². The van der Waals surface area contributed by atoms with Gasteiger partial charge in [0.15, 0.2) is 0 Å². The lowest BCUT2D eigenvalue weighted by Crippen LogP contribution is -2.43. The number of esters is 1. The first-order valence-electron chi connectivity index (χ1n) is 5.83. The average molecular weight is 240 g/mol. The van der Waals surface area contributed by atoms with E-state index < -0.39 is 0 Å². The topological polar surface area (TPSA) is 67.4 Å². The van der Waals surface area contributed by atoms with Gasteiger partial charge >= 0.3 is 5.97 Å². The monoisotopic (exact) mass is 240 g/mol. The van der Waals surface area contributed by atoms with Crippen LogP contribution in [0.4, 0.5) is 0 Å². The lowest BCUT2D eigenvalue weighted by atomic mass is 10.2. The van der Waals surface area contributed by atoms with Crippen LogP contribution in [-0.4, -0.2) is 37.6 Å². The molecule has 0 heterocycles. The molecule has 1 atom stereocenters. The molecule has 1 amide bonds. The van der Waals surface area contributed by atoms with Gasteiger partial charge in [-0.2, -0.15) is 0 Å². The van der Waals surface area contributed by atoms with Crippen molar-refractivity contribution >= 4 is 11.9 Å². The fraction of sp³-hybridized carbons (Fsp3) is 0.667. The molecule has 17 heavy (non-hydrogen) atoms. The molecule has 1 saturated carbocycles. The molecule has 1 fully saturated rings. The summed E-state index contributed by atoms with van der Waals surface area (Å²) in [5.41, 5.74) is 0.537. The molecule has 2 N–H and O–H groups in total. The number of methoxy groups -OCH3 is 1. The molecule has 0 bridgehead atoms. The molecule has 5 nitrogen and oxygen atoms in total. The van der Waals surface area contributed by atoms with Gasteiger partial charge < -0.3 is 15.4 Å². The molecule has 0 aliphatic heterocycles. The maximum Gasteiger partial charge on any atom is 0.333 e. The molecule has 0 aromatic heterocycles. The minimum atomic E-state index is -0.345. The minimum Gasteiger partial charge on any atom is -0.466 e. The molecule has 1 rings (SSSR count). The SMILES string of the molecule is COC(=O)C(C)=CCNC(C)C(=O)NC1CC1. The van der Waals surface area contributed by atoms with Gasteiger partial charge in [-0.3, -0.25) is 4.79 Å². The number of carbonyl (C=O) groups excluding carboxylic acids is 2. The Balaban J connectivity index is 2.24. The number of hydrogen-bond donors (Lipinski definition) is 2. The van der Waals surface area contributed by atoms with Crippen molar-refractivity contribution in [2.24, 2.45) is 0 Å². The van der Waals surface area contributed by atoms with Crippen LogP contribution < -0.4 is 10.6 Å². The van der Waals surface area contributed by atoms with Crippen molar-refractivity contribution in [2.45, 2.75) is 38.8 Å². The Labute approximate surface area is 102 Å². The first-order valence-corrected chi connectivity index (χ1v) is 5.83. The Kier molecular flexibility index (Phi) is 5.15. The largest absolute Gasteiger partial charge is 0.466 e. The second-order valence-electron chi connectivity index (χ2n) is 4.29. The molecule has 0 radical (unpaired) electrons. The van der Waals surface area contributed by atoms with E-state index in [1.54, 1.807) is 19.9 Å². The van der Waals surface area contributed by atoms with Crippen molar-refractivity contribution < 1.29 is 14.3 Å². The van der Waals surface area contributed by atoms with Crippen molar-refractivity contribution in [2.75, 3.05) is 13.7 Å². The lowest BCUT2D eigenvalue weighted by molar-refractivity contribution is -0.136. The second kappa shape index (κ2) is 6.39. The summed E-state index contributed by atoms with van der Waals surface area (Å²) < 4.78 is 4.56. The molecule has 96 valence electrons. The third kappa shape index (κ3) is 4.99. The Morgan fingerprint density at radius 2 is 2.12 bits per heavy atom. The van der Waals surface area contributed by atoms with Crippen LogP contribution in [0.1, 0.15) is 26.7 Å². The highest BCUT2D eigenvalue weighted by molar-refractivity contribution is 5.87. The predicted molar refractivity (Wildman–Crippen MR) is 64.4 cm³/mol. The molecule has 1 aliphatic carbocycles. The number of ether oxygens (including phenoxy) is 1. The maximum absolute atomic E-state index is 11.6. The van der Waals surface area contributed by atoms with E-state index in [-0.39, 0.29) is 17.9 Å². The Morgan fingerprint density at radius 3 is 2.65 bits per heavy atom. The molecule has 0 aromatic carbocycles. The smallest absolute Gasteiger partial charge is 0.333 e. The summed E-state index contributed by atoms with van der Waals surface area (Å²) in [6.45, 7) is 3.96. The number of amides is 1. The van der Waals surface area contributed by atoms with Crippen LogP contribution in [0.25, 0.3) is 0 Å². The van der Waals surface area contributed by atoms with Crippen molar-refractivity contribution in [1.82, 2.24) is 10.6 Å². The fourth-order valence-electron chi connectivity index (χ4n) is 1.28. The third-order valence-corrected chi connectivity index (χ3v) is 2.66. The number of carbonyl (C=O) groups is 2. The van der Waals surface area contributed by atoms with Crippen LogP contribution in [0.15, 0.2) is 11.6 Å². The third-order valence-electron chi connectivity index (χ3n) is 2.66. The summed E-state index contributed by atoms with van der Waals surface area (Å²) in [4.78, 5) is 22.7. The molecular formula is C12H20N2O3. The zero-order valence-corrected chi connectivity index (χ0v) is 10.6. The summed E-state index contributed by atoms with van der Waals surface area (Å²) >= 11 is 0. The van der Waals surface area contributed by atoms with Crippen molar-refractivity contribution in [3.8, 4) is 0 Å². The molecule has 0 saturated heterocycles. The van der Waals surface area contributed by atoms with E-state index in [1.165, 1.54) is 7.11 Å². The Bertz CT molecular complexity index is 322. The zero-order valence-electron chi connectivity index (χ0n) is 10.6. The van der Waals surface area contributed by atoms with E-state index in [2.05, 4.69) is 15.4 Å². The molecule has 5 heteroatoms. The van der Waals surface area contributed by atoms with Gasteiger partial charge in [-0.15, -0.1) is 0 Å². The summed E-state index contributed by atoms with van der Waals surface area (Å²) in [7, 11) is 1.35. The molecule has 1 aliphatic rings.